The number of methoxy groups -OCH3 is 1. The fraction of sp³-hybridized carbons (Fsp3) is 0.962. The van der Waals surface area contributed by atoms with Crippen molar-refractivity contribution in [2.24, 2.45) is 11.8 Å². The number of alkyl halides is 2. The number of aliphatic hydroxyl groups excluding tert-OH is 1. The van der Waals surface area contributed by atoms with Gasteiger partial charge in [0.25, 0.3) is 5.92 Å². The lowest BCUT2D eigenvalue weighted by Gasteiger charge is -2.32. The van der Waals surface area contributed by atoms with Gasteiger partial charge >= 0.3 is 5.97 Å². The number of ether oxygens (including phenoxy) is 3. The molecule has 5 atom stereocenters. The Morgan fingerprint density at radius 2 is 1.88 bits per heavy atom. The topological polar surface area (TPSA) is 65.0 Å². The van der Waals surface area contributed by atoms with Crippen LogP contribution in [-0.2, 0) is 19.0 Å². The first-order chi connectivity index (χ1) is 15.9. The number of halogens is 2. The Hall–Kier alpha value is -0.790. The molecule has 0 aromatic rings. The third kappa shape index (κ3) is 10.2. The number of hydrogen-bond acceptors (Lipinski definition) is 5. The van der Waals surface area contributed by atoms with Crippen molar-refractivity contribution in [3.63, 3.8) is 0 Å². The Kier molecular flexibility index (Phi) is 13.2. The Bertz CT molecular complexity index is 539. The minimum Gasteiger partial charge on any atom is -0.469 e. The van der Waals surface area contributed by atoms with Gasteiger partial charge in [-0.3, -0.25) is 4.79 Å². The predicted molar refractivity (Wildman–Crippen MR) is 124 cm³/mol. The van der Waals surface area contributed by atoms with Crippen LogP contribution in [-0.4, -0.2) is 49.2 Å². The lowest BCUT2D eigenvalue weighted by molar-refractivity contribution is -0.197. The second-order valence-corrected chi connectivity index (χ2v) is 9.96. The molecular weight excluding hydrogens is 430 g/mol. The number of unbranched alkanes of at least 4 members (excludes halogenated alkanes) is 4. The van der Waals surface area contributed by atoms with Crippen LogP contribution in [0.25, 0.3) is 0 Å². The maximum Gasteiger partial charge on any atom is 0.305 e. The van der Waals surface area contributed by atoms with Crippen LogP contribution in [0, 0.1) is 11.8 Å². The van der Waals surface area contributed by atoms with Crippen molar-refractivity contribution >= 4 is 5.97 Å². The molecule has 1 saturated heterocycles. The molecule has 1 aliphatic carbocycles. The summed E-state index contributed by atoms with van der Waals surface area (Å²) in [6.07, 6.45) is 10.3. The second kappa shape index (κ2) is 15.3. The Labute approximate surface area is 198 Å². The van der Waals surface area contributed by atoms with E-state index in [9.17, 15) is 18.7 Å². The zero-order chi connectivity index (χ0) is 24.1. The highest BCUT2D eigenvalue weighted by Gasteiger charge is 2.41. The Morgan fingerprint density at radius 3 is 2.58 bits per heavy atom. The first-order valence-corrected chi connectivity index (χ1v) is 13.3. The third-order valence-corrected chi connectivity index (χ3v) is 7.43. The largest absolute Gasteiger partial charge is 0.469 e. The standard InChI is InChI=1S/C26H46F2O5/c1-3-4-18-26(27,28)23(29)17-15-21-20(11-7-5-6-8-12-24(30)31-2)14-16-22(21)33-25-13-9-10-19-32-25/h20-23,25,29H,3-19H2,1-2H3/t20-,21+,22+,23?,25?/m0/s1. The first kappa shape index (κ1) is 28.4. The van der Waals surface area contributed by atoms with Gasteiger partial charge in [0.15, 0.2) is 6.29 Å². The summed E-state index contributed by atoms with van der Waals surface area (Å²) >= 11 is 0. The number of carbonyl (C=O) groups excluding carboxylic acids is 1. The van der Waals surface area contributed by atoms with Crippen molar-refractivity contribution in [1.29, 1.82) is 0 Å². The second-order valence-electron chi connectivity index (χ2n) is 9.96. The molecule has 2 fully saturated rings. The van der Waals surface area contributed by atoms with E-state index >= 15 is 0 Å². The van der Waals surface area contributed by atoms with Gasteiger partial charge in [-0.15, -0.1) is 0 Å². The van der Waals surface area contributed by atoms with Crippen LogP contribution in [0.1, 0.15) is 110 Å². The van der Waals surface area contributed by atoms with E-state index < -0.39 is 12.0 Å². The molecule has 7 heteroatoms. The van der Waals surface area contributed by atoms with Crippen LogP contribution in [0.2, 0.25) is 0 Å². The van der Waals surface area contributed by atoms with Gasteiger partial charge in [-0.25, -0.2) is 8.78 Å². The fourth-order valence-electron chi connectivity index (χ4n) is 5.34. The van der Waals surface area contributed by atoms with Crippen LogP contribution in [0.15, 0.2) is 0 Å². The summed E-state index contributed by atoms with van der Waals surface area (Å²) in [5.41, 5.74) is 0. The lowest BCUT2D eigenvalue weighted by Crippen LogP contribution is -2.36. The highest BCUT2D eigenvalue weighted by Crippen LogP contribution is 2.42. The highest BCUT2D eigenvalue weighted by atomic mass is 19.3. The van der Waals surface area contributed by atoms with Crippen molar-refractivity contribution in [2.75, 3.05) is 13.7 Å². The molecule has 2 rings (SSSR count). The average molecular weight is 477 g/mol. The molecule has 1 N–H and O–H groups in total. The zero-order valence-electron chi connectivity index (χ0n) is 20.7. The quantitative estimate of drug-likeness (QED) is 0.206. The third-order valence-electron chi connectivity index (χ3n) is 7.43. The number of rotatable bonds is 16. The van der Waals surface area contributed by atoms with Crippen molar-refractivity contribution in [1.82, 2.24) is 0 Å². The van der Waals surface area contributed by atoms with Crippen LogP contribution < -0.4 is 0 Å². The summed E-state index contributed by atoms with van der Waals surface area (Å²) in [6, 6.07) is 0. The van der Waals surface area contributed by atoms with Crippen LogP contribution in [0.3, 0.4) is 0 Å². The molecule has 0 aromatic heterocycles. The molecule has 0 bridgehead atoms. The summed E-state index contributed by atoms with van der Waals surface area (Å²) in [7, 11) is 1.41. The Balaban J connectivity index is 1.85. The van der Waals surface area contributed by atoms with E-state index in [-0.39, 0.29) is 37.1 Å². The van der Waals surface area contributed by atoms with Gasteiger partial charge in [-0.2, -0.15) is 0 Å². The van der Waals surface area contributed by atoms with Gasteiger partial charge < -0.3 is 19.3 Å². The molecule has 5 nitrogen and oxygen atoms in total. The van der Waals surface area contributed by atoms with Crippen molar-refractivity contribution in [3.8, 4) is 0 Å². The number of carbonyl (C=O) groups is 1. The number of aliphatic hydroxyl groups is 1. The first-order valence-electron chi connectivity index (χ1n) is 13.3. The molecule has 0 radical (unpaired) electrons. The average Bonchev–Trinajstić information content (AvgIpc) is 3.19. The summed E-state index contributed by atoms with van der Waals surface area (Å²) in [5.74, 6) is -2.57. The lowest BCUT2D eigenvalue weighted by atomic mass is 9.84. The summed E-state index contributed by atoms with van der Waals surface area (Å²) < 4.78 is 45.4. The maximum absolute atomic E-state index is 14.3. The minimum atomic E-state index is -3.02. The van der Waals surface area contributed by atoms with Gasteiger partial charge in [-0.1, -0.05) is 39.0 Å². The molecule has 33 heavy (non-hydrogen) atoms. The molecule has 1 saturated carbocycles. The van der Waals surface area contributed by atoms with Gasteiger partial charge in [0.05, 0.1) is 13.2 Å². The SMILES string of the molecule is CCCCC(F)(F)C(O)CC[C@@H]1[C@@H](CCCCCCC(=O)OC)CC[C@H]1OC1CCCCO1. The molecule has 1 heterocycles. The van der Waals surface area contributed by atoms with Crippen molar-refractivity contribution in [2.45, 2.75) is 134 Å². The van der Waals surface area contributed by atoms with Crippen LogP contribution in [0.5, 0.6) is 0 Å². The van der Waals surface area contributed by atoms with Crippen molar-refractivity contribution < 1.29 is 32.9 Å². The zero-order valence-corrected chi connectivity index (χ0v) is 20.7. The summed E-state index contributed by atoms with van der Waals surface area (Å²) in [4.78, 5) is 11.2. The van der Waals surface area contributed by atoms with E-state index in [4.69, 9.17) is 9.47 Å². The minimum absolute atomic E-state index is 0.0221. The predicted octanol–water partition coefficient (Wildman–Crippen LogP) is 6.40. The van der Waals surface area contributed by atoms with Crippen molar-refractivity contribution in [3.05, 3.63) is 0 Å². The molecule has 1 aliphatic heterocycles. The normalized spacial score (nSPS) is 26.9. The molecular formula is C26H46F2O5. The van der Waals surface area contributed by atoms with E-state index in [1.54, 1.807) is 0 Å². The monoisotopic (exact) mass is 476 g/mol. The summed E-state index contributed by atoms with van der Waals surface area (Å²) in [6.45, 7) is 2.61. The van der Waals surface area contributed by atoms with Crippen LogP contribution in [0.4, 0.5) is 8.78 Å². The van der Waals surface area contributed by atoms with Gasteiger partial charge in [0.2, 0.25) is 0 Å². The molecule has 0 aromatic carbocycles. The fourth-order valence-corrected chi connectivity index (χ4v) is 5.34. The van der Waals surface area contributed by atoms with E-state index in [2.05, 4.69) is 4.74 Å². The number of hydrogen-bond donors (Lipinski definition) is 1. The van der Waals surface area contributed by atoms with E-state index in [1.165, 1.54) is 7.11 Å². The van der Waals surface area contributed by atoms with Gasteiger partial charge in [0, 0.05) is 19.4 Å². The molecule has 2 unspecified atom stereocenters. The molecule has 2 aliphatic rings. The van der Waals surface area contributed by atoms with Gasteiger partial charge in [-0.05, 0) is 69.6 Å². The molecule has 0 spiro atoms. The van der Waals surface area contributed by atoms with E-state index in [0.717, 1.165) is 70.8 Å². The number of esters is 1. The Morgan fingerprint density at radius 1 is 1.09 bits per heavy atom. The molecule has 194 valence electrons. The van der Waals surface area contributed by atoms with E-state index in [0.29, 0.717) is 31.6 Å². The van der Waals surface area contributed by atoms with Gasteiger partial charge in [0.1, 0.15) is 6.10 Å². The maximum atomic E-state index is 14.3. The molecule has 0 amide bonds. The summed E-state index contributed by atoms with van der Waals surface area (Å²) in [5, 5.41) is 10.2. The smallest absolute Gasteiger partial charge is 0.305 e. The van der Waals surface area contributed by atoms with E-state index in [1.807, 2.05) is 6.92 Å². The van der Waals surface area contributed by atoms with Crippen LogP contribution >= 0.6 is 0 Å². The highest BCUT2D eigenvalue weighted by molar-refractivity contribution is 5.68.